The lowest BCUT2D eigenvalue weighted by atomic mass is 10.0. The largest absolute Gasteiger partial charge is 0.508 e. The van der Waals surface area contributed by atoms with Crippen LogP contribution in [0.5, 0.6) is 5.75 Å². The fourth-order valence-electron chi connectivity index (χ4n) is 4.62. The summed E-state index contributed by atoms with van der Waals surface area (Å²) in [6.07, 6.45) is 29.1. The minimum atomic E-state index is 0.130. The number of aryl methyl sites for hydroxylation is 1. The summed E-state index contributed by atoms with van der Waals surface area (Å²) in [5.74, 6) is 0.402. The number of phenolic OH excluding ortho intramolecular Hbond substituents is 1. The van der Waals surface area contributed by atoms with E-state index in [9.17, 15) is 9.90 Å². The van der Waals surface area contributed by atoms with Gasteiger partial charge < -0.3 is 10.4 Å². The molecule has 1 aromatic carbocycles. The molecular formula is C31H55NO2. The number of aromatic hydroxyl groups is 1. The van der Waals surface area contributed by atoms with Gasteiger partial charge in [0.15, 0.2) is 0 Å². The lowest BCUT2D eigenvalue weighted by Gasteiger charge is -2.06. The van der Waals surface area contributed by atoms with Crippen molar-refractivity contribution in [3.63, 3.8) is 0 Å². The average molecular weight is 474 g/mol. The smallest absolute Gasteiger partial charge is 0.220 e. The molecule has 0 aromatic heterocycles. The van der Waals surface area contributed by atoms with Crippen LogP contribution in [0.3, 0.4) is 0 Å². The van der Waals surface area contributed by atoms with Crippen molar-refractivity contribution in [1.82, 2.24) is 5.32 Å². The fourth-order valence-corrected chi connectivity index (χ4v) is 4.62. The Kier molecular flexibility index (Phi) is 20.9. The second kappa shape index (κ2) is 23.2. The van der Waals surface area contributed by atoms with Gasteiger partial charge in [-0.25, -0.2) is 0 Å². The van der Waals surface area contributed by atoms with Gasteiger partial charge in [0, 0.05) is 13.0 Å². The Morgan fingerprint density at radius 3 is 1.41 bits per heavy atom. The van der Waals surface area contributed by atoms with Gasteiger partial charge in [-0.2, -0.15) is 0 Å². The zero-order valence-corrected chi connectivity index (χ0v) is 22.4. The third-order valence-electron chi connectivity index (χ3n) is 6.93. The summed E-state index contributed by atoms with van der Waals surface area (Å²) in [5, 5.41) is 12.3. The molecule has 1 aromatic rings. The maximum Gasteiger partial charge on any atom is 0.220 e. The van der Waals surface area contributed by atoms with Gasteiger partial charge in [0.1, 0.15) is 5.75 Å². The Bertz CT molecular complexity index is 569. The number of carbonyl (C=O) groups excluding carboxylic acids is 1. The third-order valence-corrected chi connectivity index (χ3v) is 6.93. The van der Waals surface area contributed by atoms with E-state index < -0.39 is 0 Å². The monoisotopic (exact) mass is 473 g/mol. The second-order valence-electron chi connectivity index (χ2n) is 10.2. The standard InChI is InChI=1S/C31H55NO2/c1-2-3-4-5-6-7-8-9-10-11-12-13-14-15-16-17-18-19-20-21-28-32-31(34)27-24-29-22-25-30(33)26-23-29/h22-23,25-26,33H,2-21,24,27-28H2,1H3,(H,32,34). The Morgan fingerprint density at radius 1 is 0.618 bits per heavy atom. The molecule has 0 aliphatic rings. The van der Waals surface area contributed by atoms with Gasteiger partial charge in [-0.1, -0.05) is 141 Å². The molecule has 3 nitrogen and oxygen atoms in total. The molecule has 2 N–H and O–H groups in total. The number of hydrogen-bond acceptors (Lipinski definition) is 2. The minimum Gasteiger partial charge on any atom is -0.508 e. The van der Waals surface area contributed by atoms with E-state index in [0.29, 0.717) is 6.42 Å². The van der Waals surface area contributed by atoms with Gasteiger partial charge in [0.25, 0.3) is 0 Å². The molecule has 0 radical (unpaired) electrons. The summed E-state index contributed by atoms with van der Waals surface area (Å²) < 4.78 is 0. The van der Waals surface area contributed by atoms with Crippen LogP contribution in [-0.2, 0) is 11.2 Å². The molecule has 3 heteroatoms. The van der Waals surface area contributed by atoms with Crippen LogP contribution >= 0.6 is 0 Å². The first kappa shape index (κ1) is 30.5. The fraction of sp³-hybridized carbons (Fsp3) is 0.774. The van der Waals surface area contributed by atoms with Gasteiger partial charge in [0.2, 0.25) is 5.91 Å². The Morgan fingerprint density at radius 2 is 1.00 bits per heavy atom. The highest BCUT2D eigenvalue weighted by Crippen LogP contribution is 2.15. The zero-order valence-electron chi connectivity index (χ0n) is 22.4. The first-order valence-electron chi connectivity index (χ1n) is 14.8. The van der Waals surface area contributed by atoms with E-state index >= 15 is 0 Å². The Balaban J connectivity index is 1.72. The summed E-state index contributed by atoms with van der Waals surface area (Å²) in [5.41, 5.74) is 1.09. The van der Waals surface area contributed by atoms with E-state index in [1.807, 2.05) is 12.1 Å². The maximum absolute atomic E-state index is 11.9. The van der Waals surface area contributed by atoms with Gasteiger partial charge in [-0.15, -0.1) is 0 Å². The van der Waals surface area contributed by atoms with Crippen molar-refractivity contribution in [3.05, 3.63) is 29.8 Å². The summed E-state index contributed by atoms with van der Waals surface area (Å²) in [6, 6.07) is 7.10. The van der Waals surface area contributed by atoms with Crippen LogP contribution in [0.4, 0.5) is 0 Å². The van der Waals surface area contributed by atoms with E-state index in [4.69, 9.17) is 0 Å². The summed E-state index contributed by atoms with van der Waals surface area (Å²) >= 11 is 0. The average Bonchev–Trinajstić information content (AvgIpc) is 2.84. The Hall–Kier alpha value is -1.51. The van der Waals surface area contributed by atoms with Crippen molar-refractivity contribution < 1.29 is 9.90 Å². The molecule has 1 amide bonds. The molecule has 0 unspecified atom stereocenters. The highest BCUT2D eigenvalue weighted by atomic mass is 16.3. The predicted octanol–water partition coefficient (Wildman–Crippen LogP) is 9.26. The molecule has 196 valence electrons. The summed E-state index contributed by atoms with van der Waals surface area (Å²) in [6.45, 7) is 3.09. The van der Waals surface area contributed by atoms with E-state index in [2.05, 4.69) is 12.2 Å². The molecule has 0 saturated carbocycles. The number of hydrogen-bond donors (Lipinski definition) is 2. The number of rotatable bonds is 24. The van der Waals surface area contributed by atoms with Gasteiger partial charge in [-0.05, 0) is 30.5 Å². The Labute approximate surface area is 211 Å². The van der Waals surface area contributed by atoms with Crippen LogP contribution < -0.4 is 5.32 Å². The molecule has 0 saturated heterocycles. The van der Waals surface area contributed by atoms with Crippen LogP contribution in [0.15, 0.2) is 24.3 Å². The molecule has 34 heavy (non-hydrogen) atoms. The summed E-state index contributed by atoms with van der Waals surface area (Å²) in [4.78, 5) is 11.9. The van der Waals surface area contributed by atoms with Crippen LogP contribution in [-0.4, -0.2) is 17.6 Å². The van der Waals surface area contributed by atoms with Crippen LogP contribution in [0.2, 0.25) is 0 Å². The number of amides is 1. The van der Waals surface area contributed by atoms with Crippen molar-refractivity contribution in [3.8, 4) is 5.75 Å². The van der Waals surface area contributed by atoms with Gasteiger partial charge in [0.05, 0.1) is 0 Å². The predicted molar refractivity (Wildman–Crippen MR) is 147 cm³/mol. The van der Waals surface area contributed by atoms with Gasteiger partial charge >= 0.3 is 0 Å². The second-order valence-corrected chi connectivity index (χ2v) is 10.2. The lowest BCUT2D eigenvalue weighted by Crippen LogP contribution is -2.24. The molecule has 0 spiro atoms. The molecule has 0 aliphatic carbocycles. The molecule has 0 aliphatic heterocycles. The highest BCUT2D eigenvalue weighted by Gasteiger charge is 2.02. The van der Waals surface area contributed by atoms with E-state index in [0.717, 1.165) is 24.9 Å². The quantitative estimate of drug-likeness (QED) is 0.147. The number of phenols is 1. The molecule has 0 atom stereocenters. The minimum absolute atomic E-state index is 0.130. The number of nitrogens with one attached hydrogen (secondary N) is 1. The molecule has 0 heterocycles. The topological polar surface area (TPSA) is 49.3 Å². The van der Waals surface area contributed by atoms with Crippen molar-refractivity contribution in [2.45, 2.75) is 148 Å². The van der Waals surface area contributed by atoms with Crippen molar-refractivity contribution >= 4 is 5.91 Å². The zero-order chi connectivity index (χ0) is 24.5. The first-order valence-corrected chi connectivity index (χ1v) is 14.8. The number of benzene rings is 1. The van der Waals surface area contributed by atoms with Crippen molar-refractivity contribution in [2.75, 3.05) is 6.54 Å². The molecule has 1 rings (SSSR count). The lowest BCUT2D eigenvalue weighted by molar-refractivity contribution is -0.121. The van der Waals surface area contributed by atoms with E-state index in [1.165, 1.54) is 122 Å². The van der Waals surface area contributed by atoms with Crippen LogP contribution in [0.1, 0.15) is 147 Å². The van der Waals surface area contributed by atoms with E-state index in [-0.39, 0.29) is 11.7 Å². The van der Waals surface area contributed by atoms with Crippen molar-refractivity contribution in [1.29, 1.82) is 0 Å². The first-order chi connectivity index (χ1) is 16.7. The third kappa shape index (κ3) is 19.9. The van der Waals surface area contributed by atoms with Gasteiger partial charge in [-0.3, -0.25) is 4.79 Å². The molecule has 0 fully saturated rings. The molecule has 0 bridgehead atoms. The number of carbonyl (C=O) groups is 1. The normalized spacial score (nSPS) is 11.1. The van der Waals surface area contributed by atoms with Crippen LogP contribution in [0.25, 0.3) is 0 Å². The highest BCUT2D eigenvalue weighted by molar-refractivity contribution is 5.76. The van der Waals surface area contributed by atoms with Crippen molar-refractivity contribution in [2.24, 2.45) is 0 Å². The van der Waals surface area contributed by atoms with Crippen LogP contribution in [0, 0.1) is 0 Å². The van der Waals surface area contributed by atoms with E-state index in [1.54, 1.807) is 12.1 Å². The molecular weight excluding hydrogens is 418 g/mol. The maximum atomic E-state index is 11.9. The summed E-state index contributed by atoms with van der Waals surface area (Å²) in [7, 11) is 0. The SMILES string of the molecule is CCCCCCCCCCCCCCCCCCCCCCNC(=O)CCc1ccc(O)cc1. The number of unbranched alkanes of at least 4 members (excludes halogenated alkanes) is 19.